The summed E-state index contributed by atoms with van der Waals surface area (Å²) in [5.74, 6) is -0.0609. The third-order valence-corrected chi connectivity index (χ3v) is 2.58. The van der Waals surface area contributed by atoms with Crippen molar-refractivity contribution in [2.45, 2.75) is 38.6 Å². The molecule has 0 bridgehead atoms. The molecular weight excluding hydrogens is 245 g/mol. The van der Waals surface area contributed by atoms with Crippen LogP contribution < -0.4 is 0 Å². The second-order valence-corrected chi connectivity index (χ2v) is 4.80. The number of aromatic nitrogens is 2. The number of halogens is 4. The molecule has 0 aromatic carbocycles. The molecule has 0 saturated heterocycles. The third kappa shape index (κ3) is 2.42. The monoisotopic (exact) mass is 256 g/mol. The second kappa shape index (κ2) is 4.26. The molecule has 1 rings (SSSR count). The van der Waals surface area contributed by atoms with Crippen LogP contribution in [0, 0.1) is 0 Å². The summed E-state index contributed by atoms with van der Waals surface area (Å²) in [6.45, 7) is 5.50. The summed E-state index contributed by atoms with van der Waals surface area (Å²) in [6.07, 6.45) is -2.65. The number of hydrogen-bond donors (Lipinski definition) is 0. The van der Waals surface area contributed by atoms with Crippen molar-refractivity contribution < 1.29 is 8.78 Å². The van der Waals surface area contributed by atoms with Crippen molar-refractivity contribution >= 4 is 23.2 Å². The molecular formula is C9H12Cl2F2N2. The first kappa shape index (κ1) is 12.7. The van der Waals surface area contributed by atoms with Gasteiger partial charge < -0.3 is 0 Å². The predicted molar refractivity (Wildman–Crippen MR) is 56.7 cm³/mol. The first-order valence-corrected chi connectivity index (χ1v) is 5.32. The molecule has 1 heterocycles. The lowest BCUT2D eigenvalue weighted by Gasteiger charge is -2.20. The zero-order chi connectivity index (χ0) is 11.8. The fourth-order valence-corrected chi connectivity index (χ4v) is 1.98. The molecule has 0 aliphatic carbocycles. The van der Waals surface area contributed by atoms with Crippen LogP contribution in [0.15, 0.2) is 0 Å². The summed E-state index contributed by atoms with van der Waals surface area (Å²) in [5.41, 5.74) is -0.557. The van der Waals surface area contributed by atoms with Crippen LogP contribution in [0.25, 0.3) is 0 Å². The molecule has 2 nitrogen and oxygen atoms in total. The fourth-order valence-electron chi connectivity index (χ4n) is 1.19. The number of alkyl halides is 3. The lowest BCUT2D eigenvalue weighted by atomic mass is 10.1. The first-order valence-electron chi connectivity index (χ1n) is 4.41. The molecule has 0 aliphatic rings. The Balaban J connectivity index is 3.34. The molecule has 0 saturated carbocycles. The fraction of sp³-hybridized carbons (Fsp3) is 0.667. The SMILES string of the molecule is CC(C)(C)n1nc(C(F)F)c(CCl)c1Cl. The van der Waals surface area contributed by atoms with Crippen molar-refractivity contribution in [1.82, 2.24) is 9.78 Å². The van der Waals surface area contributed by atoms with Gasteiger partial charge in [-0.3, -0.25) is 0 Å². The van der Waals surface area contributed by atoms with E-state index in [0.29, 0.717) is 0 Å². The normalized spacial score (nSPS) is 12.5. The summed E-state index contributed by atoms with van der Waals surface area (Å²) >= 11 is 11.5. The van der Waals surface area contributed by atoms with Crippen LogP contribution in [0.1, 0.15) is 38.5 Å². The number of hydrogen-bond acceptors (Lipinski definition) is 1. The Morgan fingerprint density at radius 2 is 1.93 bits per heavy atom. The van der Waals surface area contributed by atoms with Gasteiger partial charge in [-0.05, 0) is 20.8 Å². The van der Waals surface area contributed by atoms with Crippen LogP contribution in [0.4, 0.5) is 8.78 Å². The van der Waals surface area contributed by atoms with Crippen molar-refractivity contribution in [2.75, 3.05) is 0 Å². The Morgan fingerprint density at radius 3 is 2.20 bits per heavy atom. The summed E-state index contributed by atoms with van der Waals surface area (Å²) in [5, 5.41) is 3.99. The highest BCUT2D eigenvalue weighted by Gasteiger charge is 2.27. The van der Waals surface area contributed by atoms with E-state index in [9.17, 15) is 8.78 Å². The average Bonchev–Trinajstić information content (AvgIpc) is 2.41. The van der Waals surface area contributed by atoms with E-state index in [2.05, 4.69) is 5.10 Å². The molecule has 6 heteroatoms. The second-order valence-electron chi connectivity index (χ2n) is 4.17. The lowest BCUT2D eigenvalue weighted by molar-refractivity contribution is 0.143. The molecule has 0 atom stereocenters. The maximum absolute atomic E-state index is 12.6. The van der Waals surface area contributed by atoms with E-state index < -0.39 is 12.0 Å². The number of nitrogens with zero attached hydrogens (tertiary/aromatic N) is 2. The Bertz CT molecular complexity index is 356. The van der Waals surface area contributed by atoms with Crippen LogP contribution in [-0.2, 0) is 11.4 Å². The van der Waals surface area contributed by atoms with Gasteiger partial charge in [0.15, 0.2) is 0 Å². The standard InChI is InChI=1S/C9H12Cl2F2N2/c1-9(2,3)15-7(11)5(4-10)6(14-15)8(12)13/h8H,4H2,1-3H3. The summed E-state index contributed by atoms with van der Waals surface area (Å²) in [7, 11) is 0. The molecule has 1 aromatic rings. The van der Waals surface area contributed by atoms with Gasteiger partial charge in [-0.2, -0.15) is 5.10 Å². The summed E-state index contributed by atoms with van der Waals surface area (Å²) < 4.78 is 26.6. The van der Waals surface area contributed by atoms with Crippen LogP contribution in [0.5, 0.6) is 0 Å². The maximum atomic E-state index is 12.6. The largest absolute Gasteiger partial charge is 0.282 e. The summed E-state index contributed by atoms with van der Waals surface area (Å²) in [6, 6.07) is 0. The van der Waals surface area contributed by atoms with Crippen LogP contribution in [-0.4, -0.2) is 9.78 Å². The molecule has 86 valence electrons. The highest BCUT2D eigenvalue weighted by Crippen LogP contribution is 2.32. The lowest BCUT2D eigenvalue weighted by Crippen LogP contribution is -2.23. The van der Waals surface area contributed by atoms with Crippen molar-refractivity contribution in [3.05, 3.63) is 16.4 Å². The van der Waals surface area contributed by atoms with Crippen LogP contribution >= 0.6 is 23.2 Å². The molecule has 0 fully saturated rings. The summed E-state index contributed by atoms with van der Waals surface area (Å²) in [4.78, 5) is 0. The molecule has 0 amide bonds. The van der Waals surface area contributed by atoms with E-state index in [-0.39, 0.29) is 22.3 Å². The van der Waals surface area contributed by atoms with Crippen LogP contribution in [0.2, 0.25) is 5.15 Å². The molecule has 0 N–H and O–H groups in total. The topological polar surface area (TPSA) is 17.8 Å². The zero-order valence-electron chi connectivity index (χ0n) is 8.69. The predicted octanol–water partition coefficient (Wildman–Crippen LogP) is 3.97. The van der Waals surface area contributed by atoms with E-state index in [1.165, 1.54) is 4.68 Å². The van der Waals surface area contributed by atoms with Crippen molar-refractivity contribution in [3.8, 4) is 0 Å². The van der Waals surface area contributed by atoms with Crippen molar-refractivity contribution in [2.24, 2.45) is 0 Å². The number of rotatable bonds is 2. The zero-order valence-corrected chi connectivity index (χ0v) is 10.2. The molecule has 0 unspecified atom stereocenters. The van der Waals surface area contributed by atoms with Gasteiger partial charge in [-0.15, -0.1) is 11.6 Å². The van der Waals surface area contributed by atoms with E-state index in [4.69, 9.17) is 23.2 Å². The Hall–Kier alpha value is -0.350. The van der Waals surface area contributed by atoms with E-state index in [0.717, 1.165) is 0 Å². The smallest absolute Gasteiger partial charge is 0.248 e. The maximum Gasteiger partial charge on any atom is 0.282 e. The van der Waals surface area contributed by atoms with Gasteiger partial charge >= 0.3 is 0 Å². The Kier molecular flexibility index (Phi) is 3.61. The Labute approximate surface area is 97.2 Å². The van der Waals surface area contributed by atoms with E-state index in [1.54, 1.807) is 0 Å². The van der Waals surface area contributed by atoms with Gasteiger partial charge in [0.2, 0.25) is 0 Å². The van der Waals surface area contributed by atoms with Gasteiger partial charge in [0, 0.05) is 5.56 Å². The van der Waals surface area contributed by atoms with Crippen molar-refractivity contribution in [3.63, 3.8) is 0 Å². The third-order valence-electron chi connectivity index (χ3n) is 1.93. The highest BCUT2D eigenvalue weighted by molar-refractivity contribution is 6.31. The van der Waals surface area contributed by atoms with Gasteiger partial charge in [0.05, 0.1) is 11.4 Å². The van der Waals surface area contributed by atoms with E-state index >= 15 is 0 Å². The molecule has 1 aromatic heterocycles. The van der Waals surface area contributed by atoms with Gasteiger partial charge in [-0.25, -0.2) is 13.5 Å². The minimum absolute atomic E-state index is 0.0609. The minimum Gasteiger partial charge on any atom is -0.248 e. The average molecular weight is 257 g/mol. The highest BCUT2D eigenvalue weighted by atomic mass is 35.5. The molecule has 15 heavy (non-hydrogen) atoms. The molecule has 0 aliphatic heterocycles. The molecule has 0 radical (unpaired) electrons. The molecule has 0 spiro atoms. The van der Waals surface area contributed by atoms with Crippen LogP contribution in [0.3, 0.4) is 0 Å². The quantitative estimate of drug-likeness (QED) is 0.733. The van der Waals surface area contributed by atoms with E-state index in [1.807, 2.05) is 20.8 Å². The van der Waals surface area contributed by atoms with Gasteiger partial charge in [0.1, 0.15) is 10.8 Å². The first-order chi connectivity index (χ1) is 6.79. The van der Waals surface area contributed by atoms with Crippen molar-refractivity contribution in [1.29, 1.82) is 0 Å². The Morgan fingerprint density at radius 1 is 1.40 bits per heavy atom. The van der Waals surface area contributed by atoms with Gasteiger partial charge in [0.25, 0.3) is 6.43 Å². The minimum atomic E-state index is -2.65. The van der Waals surface area contributed by atoms with Gasteiger partial charge in [-0.1, -0.05) is 11.6 Å².